The molecule has 0 spiro atoms. The Balaban J connectivity index is 2.07. The van der Waals surface area contributed by atoms with Gasteiger partial charge in [0.25, 0.3) is 0 Å². The van der Waals surface area contributed by atoms with Crippen LogP contribution in [0.5, 0.6) is 0 Å². The molecule has 1 aromatic rings. The van der Waals surface area contributed by atoms with Crippen LogP contribution in [0.4, 0.5) is 0 Å². The summed E-state index contributed by atoms with van der Waals surface area (Å²) in [6.45, 7) is 4.70. The predicted octanol–water partition coefficient (Wildman–Crippen LogP) is 2.75. The maximum atomic E-state index is 4.29. The van der Waals surface area contributed by atoms with E-state index in [1.165, 1.54) is 37.1 Å². The van der Waals surface area contributed by atoms with Crippen molar-refractivity contribution in [2.24, 2.45) is 18.9 Å². The molecule has 0 fully saturated rings. The highest BCUT2D eigenvalue weighted by molar-refractivity contribution is 5.11. The lowest BCUT2D eigenvalue weighted by molar-refractivity contribution is 0.295. The summed E-state index contributed by atoms with van der Waals surface area (Å²) < 4.78 is 1.96. The molecule has 0 saturated carbocycles. The van der Waals surface area contributed by atoms with Gasteiger partial charge in [-0.25, -0.2) is 0 Å². The monoisotopic (exact) mass is 221 g/mol. The average Bonchev–Trinajstić information content (AvgIpc) is 2.58. The molecule has 0 radical (unpaired) electrons. The van der Waals surface area contributed by atoms with E-state index in [1.54, 1.807) is 0 Å². The Bertz CT molecular complexity index is 343. The van der Waals surface area contributed by atoms with Gasteiger partial charge in [-0.2, -0.15) is 0 Å². The Hall–Kier alpha value is -0.860. The number of fused-ring (bicyclic) bond motifs is 1. The summed E-state index contributed by atoms with van der Waals surface area (Å²) in [5.74, 6) is 1.75. The first-order valence-corrected chi connectivity index (χ1v) is 6.59. The highest BCUT2D eigenvalue weighted by atomic mass is 15.4. The molecule has 0 amide bonds. The summed E-state index contributed by atoms with van der Waals surface area (Å²) in [4.78, 5) is 0. The van der Waals surface area contributed by atoms with E-state index in [2.05, 4.69) is 24.2 Å². The number of nitrogens with zero attached hydrogens (tertiary/aromatic N) is 3. The van der Waals surface area contributed by atoms with Gasteiger partial charge in [-0.15, -0.1) is 5.10 Å². The van der Waals surface area contributed by atoms with Gasteiger partial charge in [-0.05, 0) is 43.9 Å². The summed E-state index contributed by atoms with van der Waals surface area (Å²) in [5.41, 5.74) is 2.61. The number of hydrogen-bond acceptors (Lipinski definition) is 2. The summed E-state index contributed by atoms with van der Waals surface area (Å²) in [6.07, 6.45) is 7.55. The van der Waals surface area contributed by atoms with Crippen LogP contribution in [0.25, 0.3) is 0 Å². The molecule has 3 nitrogen and oxygen atoms in total. The van der Waals surface area contributed by atoms with Crippen molar-refractivity contribution in [2.45, 2.75) is 52.4 Å². The summed E-state index contributed by atoms with van der Waals surface area (Å²) in [7, 11) is 2.01. The fourth-order valence-corrected chi connectivity index (χ4v) is 2.82. The first-order chi connectivity index (χ1) is 7.72. The molecular formula is C13H23N3. The minimum atomic E-state index is 0.859. The number of aromatic nitrogens is 3. The highest BCUT2D eigenvalue weighted by Gasteiger charge is 2.21. The molecule has 16 heavy (non-hydrogen) atoms. The van der Waals surface area contributed by atoms with Crippen molar-refractivity contribution in [2.75, 3.05) is 0 Å². The van der Waals surface area contributed by atoms with Gasteiger partial charge in [0, 0.05) is 7.05 Å². The number of rotatable bonds is 2. The van der Waals surface area contributed by atoms with Crippen LogP contribution < -0.4 is 0 Å². The van der Waals surface area contributed by atoms with E-state index in [0.717, 1.165) is 24.7 Å². The highest BCUT2D eigenvalue weighted by Crippen LogP contribution is 2.29. The van der Waals surface area contributed by atoms with Gasteiger partial charge in [-0.1, -0.05) is 25.5 Å². The van der Waals surface area contributed by atoms with Crippen LogP contribution in [0.2, 0.25) is 0 Å². The first-order valence-electron chi connectivity index (χ1n) is 6.59. The van der Waals surface area contributed by atoms with Crippen molar-refractivity contribution in [1.29, 1.82) is 0 Å². The lowest BCUT2D eigenvalue weighted by Crippen LogP contribution is -2.16. The molecule has 2 atom stereocenters. The third-order valence-corrected chi connectivity index (χ3v) is 4.21. The SMILES string of the molecule is CCC(C)C1CCCc2c(nnn2C)CC1. The molecule has 1 heterocycles. The van der Waals surface area contributed by atoms with Crippen LogP contribution in [0, 0.1) is 11.8 Å². The van der Waals surface area contributed by atoms with Gasteiger partial charge in [0.15, 0.2) is 0 Å². The molecule has 1 aliphatic rings. The lowest BCUT2D eigenvalue weighted by Gasteiger charge is -2.24. The van der Waals surface area contributed by atoms with Crippen molar-refractivity contribution in [3.63, 3.8) is 0 Å². The minimum Gasteiger partial charge on any atom is -0.252 e. The van der Waals surface area contributed by atoms with Crippen LogP contribution >= 0.6 is 0 Å². The molecule has 0 saturated heterocycles. The third-order valence-electron chi connectivity index (χ3n) is 4.21. The average molecular weight is 221 g/mol. The summed E-state index contributed by atoms with van der Waals surface area (Å²) >= 11 is 0. The normalized spacial score (nSPS) is 23.3. The topological polar surface area (TPSA) is 30.7 Å². The van der Waals surface area contributed by atoms with Crippen LogP contribution in [0.3, 0.4) is 0 Å². The number of aryl methyl sites for hydroxylation is 2. The van der Waals surface area contributed by atoms with E-state index in [4.69, 9.17) is 0 Å². The first kappa shape index (κ1) is 11.6. The van der Waals surface area contributed by atoms with E-state index in [-0.39, 0.29) is 0 Å². The molecule has 2 unspecified atom stereocenters. The minimum absolute atomic E-state index is 0.859. The quantitative estimate of drug-likeness (QED) is 0.769. The van der Waals surface area contributed by atoms with Gasteiger partial charge in [0.2, 0.25) is 0 Å². The second kappa shape index (κ2) is 4.98. The van der Waals surface area contributed by atoms with Gasteiger partial charge >= 0.3 is 0 Å². The lowest BCUT2D eigenvalue weighted by atomic mass is 9.82. The zero-order valence-electron chi connectivity index (χ0n) is 10.7. The standard InChI is InChI=1S/C13H23N3/c1-4-10(2)11-6-5-7-13-12(9-8-11)14-15-16(13)3/h10-11H,4-9H2,1-3H3. The Labute approximate surface area is 98.2 Å². The second-order valence-electron chi connectivity index (χ2n) is 5.18. The van der Waals surface area contributed by atoms with E-state index in [1.807, 2.05) is 11.7 Å². The maximum Gasteiger partial charge on any atom is 0.0859 e. The van der Waals surface area contributed by atoms with E-state index in [0.29, 0.717) is 0 Å². The van der Waals surface area contributed by atoms with Crippen molar-refractivity contribution in [3.05, 3.63) is 11.4 Å². The van der Waals surface area contributed by atoms with E-state index >= 15 is 0 Å². The van der Waals surface area contributed by atoms with Crippen LogP contribution in [-0.2, 0) is 19.9 Å². The Morgan fingerprint density at radius 3 is 2.94 bits per heavy atom. The Morgan fingerprint density at radius 1 is 1.38 bits per heavy atom. The van der Waals surface area contributed by atoms with Crippen molar-refractivity contribution < 1.29 is 0 Å². The molecule has 0 aliphatic heterocycles. The zero-order chi connectivity index (χ0) is 11.5. The fourth-order valence-electron chi connectivity index (χ4n) is 2.82. The van der Waals surface area contributed by atoms with Gasteiger partial charge in [-0.3, -0.25) is 4.68 Å². The van der Waals surface area contributed by atoms with E-state index in [9.17, 15) is 0 Å². The fraction of sp³-hybridized carbons (Fsp3) is 0.846. The molecule has 3 heteroatoms. The van der Waals surface area contributed by atoms with Crippen molar-refractivity contribution in [3.8, 4) is 0 Å². The second-order valence-corrected chi connectivity index (χ2v) is 5.18. The smallest absolute Gasteiger partial charge is 0.0859 e. The Morgan fingerprint density at radius 2 is 2.19 bits per heavy atom. The van der Waals surface area contributed by atoms with Gasteiger partial charge in [0.1, 0.15) is 0 Å². The molecule has 1 aromatic heterocycles. The maximum absolute atomic E-state index is 4.29. The van der Waals surface area contributed by atoms with Crippen LogP contribution in [0.15, 0.2) is 0 Å². The molecule has 2 rings (SSSR count). The molecule has 0 bridgehead atoms. The number of hydrogen-bond donors (Lipinski definition) is 0. The van der Waals surface area contributed by atoms with Crippen LogP contribution in [0.1, 0.15) is 50.9 Å². The third kappa shape index (κ3) is 2.28. The van der Waals surface area contributed by atoms with Gasteiger partial charge < -0.3 is 0 Å². The summed E-state index contributed by atoms with van der Waals surface area (Å²) in [5, 5.41) is 8.43. The largest absolute Gasteiger partial charge is 0.252 e. The zero-order valence-corrected chi connectivity index (χ0v) is 10.7. The van der Waals surface area contributed by atoms with Crippen molar-refractivity contribution >= 4 is 0 Å². The molecule has 90 valence electrons. The van der Waals surface area contributed by atoms with Crippen LogP contribution in [-0.4, -0.2) is 15.0 Å². The van der Waals surface area contributed by atoms with E-state index < -0.39 is 0 Å². The Kier molecular flexibility index (Phi) is 3.62. The predicted molar refractivity (Wildman–Crippen MR) is 65.2 cm³/mol. The molecule has 0 aromatic carbocycles. The summed E-state index contributed by atoms with van der Waals surface area (Å²) in [6, 6.07) is 0. The van der Waals surface area contributed by atoms with Crippen molar-refractivity contribution in [1.82, 2.24) is 15.0 Å². The molecule has 1 aliphatic carbocycles. The van der Waals surface area contributed by atoms with Gasteiger partial charge in [0.05, 0.1) is 11.4 Å². The molecule has 0 N–H and O–H groups in total. The molecular weight excluding hydrogens is 198 g/mol.